The van der Waals surface area contributed by atoms with E-state index in [0.717, 1.165) is 5.92 Å². The van der Waals surface area contributed by atoms with Crippen molar-refractivity contribution < 1.29 is 0 Å². The van der Waals surface area contributed by atoms with Gasteiger partial charge in [0.15, 0.2) is 0 Å². The minimum Gasteiger partial charge on any atom is -0.264 e. The Hall–Kier alpha value is -0.980. The summed E-state index contributed by atoms with van der Waals surface area (Å²) in [5.41, 5.74) is 1.41. The minimum absolute atomic E-state index is 0.738. The van der Waals surface area contributed by atoms with Gasteiger partial charge in [0.25, 0.3) is 0 Å². The molecule has 0 spiro atoms. The molecule has 2 aliphatic rings. The third kappa shape index (κ3) is 1.37. The van der Waals surface area contributed by atoms with Crippen LogP contribution in [0.2, 0.25) is 0 Å². The van der Waals surface area contributed by atoms with Gasteiger partial charge in [-0.3, -0.25) is 5.32 Å². The van der Waals surface area contributed by atoms with Gasteiger partial charge in [-0.05, 0) is 36.8 Å². The molecule has 0 saturated carbocycles. The number of rotatable bonds is 1. The first-order chi connectivity index (χ1) is 5.47. The van der Waals surface area contributed by atoms with E-state index in [0.29, 0.717) is 0 Å². The molecule has 0 aromatic heterocycles. The van der Waals surface area contributed by atoms with Crippen molar-refractivity contribution >= 4 is 0 Å². The van der Waals surface area contributed by atoms with Gasteiger partial charge in [0.2, 0.25) is 0 Å². The number of nitrogens with zero attached hydrogens (tertiary/aromatic N) is 1. The lowest BCUT2D eigenvalue weighted by Gasteiger charge is -2.16. The number of allylic oxidation sites excluding steroid dienone is 4. The molecule has 0 saturated heterocycles. The van der Waals surface area contributed by atoms with Gasteiger partial charge in [0.05, 0.1) is 0 Å². The lowest BCUT2D eigenvalue weighted by Crippen LogP contribution is -2.03. The van der Waals surface area contributed by atoms with Crippen LogP contribution >= 0.6 is 0 Å². The van der Waals surface area contributed by atoms with Crippen LogP contribution in [-0.4, -0.2) is 0 Å². The molecule has 0 N–H and O–H groups in total. The highest BCUT2D eigenvalue weighted by molar-refractivity contribution is 5.27. The second-order valence-electron chi connectivity index (χ2n) is 3.08. The van der Waals surface area contributed by atoms with Gasteiger partial charge in [-0.25, -0.2) is 0 Å². The zero-order valence-corrected chi connectivity index (χ0v) is 6.53. The van der Waals surface area contributed by atoms with Crippen molar-refractivity contribution in [3.8, 4) is 0 Å². The van der Waals surface area contributed by atoms with Crippen LogP contribution in [0.3, 0.4) is 0 Å². The SMILES string of the molecule is C1=CCC(C2=C[N]C=C2)CC1. The van der Waals surface area contributed by atoms with E-state index in [2.05, 4.69) is 23.5 Å². The first kappa shape index (κ1) is 6.71. The topological polar surface area (TPSA) is 14.1 Å². The maximum atomic E-state index is 4.07. The molecule has 0 amide bonds. The van der Waals surface area contributed by atoms with E-state index in [9.17, 15) is 0 Å². The summed E-state index contributed by atoms with van der Waals surface area (Å²) >= 11 is 0. The highest BCUT2D eigenvalue weighted by atomic mass is 14.8. The Kier molecular flexibility index (Phi) is 1.80. The van der Waals surface area contributed by atoms with Gasteiger partial charge in [-0.1, -0.05) is 12.2 Å². The Labute approximate surface area is 67.5 Å². The molecule has 1 aliphatic carbocycles. The van der Waals surface area contributed by atoms with Gasteiger partial charge in [-0.15, -0.1) is 0 Å². The van der Waals surface area contributed by atoms with Gasteiger partial charge in [-0.2, -0.15) is 0 Å². The smallest absolute Gasteiger partial charge is 0.0303 e. The first-order valence-corrected chi connectivity index (χ1v) is 4.18. The van der Waals surface area contributed by atoms with Crippen LogP contribution in [0.4, 0.5) is 0 Å². The summed E-state index contributed by atoms with van der Waals surface area (Å²) < 4.78 is 0. The molecule has 1 heterocycles. The summed E-state index contributed by atoms with van der Waals surface area (Å²) in [7, 11) is 0. The second kappa shape index (κ2) is 2.95. The van der Waals surface area contributed by atoms with Crippen molar-refractivity contribution in [1.82, 2.24) is 5.32 Å². The van der Waals surface area contributed by atoms with E-state index >= 15 is 0 Å². The molecule has 1 nitrogen and oxygen atoms in total. The molecule has 1 unspecified atom stereocenters. The summed E-state index contributed by atoms with van der Waals surface area (Å²) in [4.78, 5) is 0. The normalized spacial score (nSPS) is 28.4. The summed E-state index contributed by atoms with van der Waals surface area (Å²) in [5, 5.41) is 4.07. The van der Waals surface area contributed by atoms with E-state index in [1.165, 1.54) is 24.8 Å². The van der Waals surface area contributed by atoms with Crippen LogP contribution in [0.1, 0.15) is 19.3 Å². The maximum Gasteiger partial charge on any atom is 0.0303 e. The van der Waals surface area contributed by atoms with Crippen molar-refractivity contribution in [2.24, 2.45) is 5.92 Å². The lowest BCUT2D eigenvalue weighted by molar-refractivity contribution is 0.563. The second-order valence-corrected chi connectivity index (χ2v) is 3.08. The highest BCUT2D eigenvalue weighted by Gasteiger charge is 2.14. The molecule has 57 valence electrons. The predicted molar refractivity (Wildman–Crippen MR) is 45.8 cm³/mol. The van der Waals surface area contributed by atoms with E-state index in [1.54, 1.807) is 0 Å². The molecule has 0 aromatic carbocycles. The van der Waals surface area contributed by atoms with E-state index in [4.69, 9.17) is 0 Å². The molecule has 0 aromatic rings. The monoisotopic (exact) mass is 146 g/mol. The fraction of sp³-hybridized carbons (Fsp3) is 0.400. The third-order valence-corrected chi connectivity index (χ3v) is 2.32. The van der Waals surface area contributed by atoms with Crippen molar-refractivity contribution in [2.45, 2.75) is 19.3 Å². The fourth-order valence-electron chi connectivity index (χ4n) is 1.64. The van der Waals surface area contributed by atoms with Gasteiger partial charge in [0.1, 0.15) is 0 Å². The first-order valence-electron chi connectivity index (χ1n) is 4.18. The molecular weight excluding hydrogens is 134 g/mol. The summed E-state index contributed by atoms with van der Waals surface area (Å²) in [6.07, 6.45) is 14.3. The molecule has 0 bridgehead atoms. The van der Waals surface area contributed by atoms with Gasteiger partial charge < -0.3 is 0 Å². The summed E-state index contributed by atoms with van der Waals surface area (Å²) in [6.45, 7) is 0. The van der Waals surface area contributed by atoms with Gasteiger partial charge >= 0.3 is 0 Å². The number of hydrogen-bond donors (Lipinski definition) is 0. The Morgan fingerprint density at radius 3 is 3.00 bits per heavy atom. The molecule has 1 atom stereocenters. The number of hydrogen-bond acceptors (Lipinski definition) is 0. The Morgan fingerprint density at radius 2 is 2.36 bits per heavy atom. The molecule has 0 fully saturated rings. The average Bonchev–Trinajstić information content (AvgIpc) is 2.58. The van der Waals surface area contributed by atoms with Crippen LogP contribution in [-0.2, 0) is 0 Å². The van der Waals surface area contributed by atoms with Gasteiger partial charge in [0, 0.05) is 12.4 Å². The molecule has 1 radical (unpaired) electrons. The molecule has 1 aliphatic heterocycles. The zero-order valence-electron chi connectivity index (χ0n) is 6.53. The van der Waals surface area contributed by atoms with E-state index in [-0.39, 0.29) is 0 Å². The lowest BCUT2D eigenvalue weighted by atomic mass is 9.88. The molecular formula is C10H12N. The summed E-state index contributed by atoms with van der Waals surface area (Å²) in [5.74, 6) is 0.738. The minimum atomic E-state index is 0.738. The van der Waals surface area contributed by atoms with E-state index in [1.807, 2.05) is 12.4 Å². The fourth-order valence-corrected chi connectivity index (χ4v) is 1.64. The molecule has 1 heteroatoms. The maximum absolute atomic E-state index is 4.07. The quantitative estimate of drug-likeness (QED) is 0.504. The molecule has 2 rings (SSSR count). The van der Waals surface area contributed by atoms with Crippen LogP contribution < -0.4 is 5.32 Å². The third-order valence-electron chi connectivity index (χ3n) is 2.32. The Balaban J connectivity index is 2.04. The standard InChI is InChI=1S/C10H12N/c1-2-4-9(5-3-1)10-6-7-11-8-10/h1-2,6-9H,3-5H2. The van der Waals surface area contributed by atoms with E-state index < -0.39 is 0 Å². The van der Waals surface area contributed by atoms with Crippen LogP contribution in [0, 0.1) is 5.92 Å². The highest BCUT2D eigenvalue weighted by Crippen LogP contribution is 2.27. The Bertz CT molecular complexity index is 223. The van der Waals surface area contributed by atoms with Crippen LogP contribution in [0.25, 0.3) is 0 Å². The largest absolute Gasteiger partial charge is 0.264 e. The van der Waals surface area contributed by atoms with Crippen molar-refractivity contribution in [3.63, 3.8) is 0 Å². The van der Waals surface area contributed by atoms with Crippen LogP contribution in [0.15, 0.2) is 36.2 Å². The summed E-state index contributed by atoms with van der Waals surface area (Å²) in [6, 6.07) is 0. The Morgan fingerprint density at radius 1 is 1.36 bits per heavy atom. The molecule has 11 heavy (non-hydrogen) atoms. The average molecular weight is 146 g/mol. The zero-order chi connectivity index (χ0) is 7.52. The van der Waals surface area contributed by atoms with Crippen molar-refractivity contribution in [2.75, 3.05) is 0 Å². The predicted octanol–water partition coefficient (Wildman–Crippen LogP) is 2.36. The van der Waals surface area contributed by atoms with Crippen LogP contribution in [0.5, 0.6) is 0 Å². The van der Waals surface area contributed by atoms with Crippen molar-refractivity contribution in [3.05, 3.63) is 36.2 Å². The van der Waals surface area contributed by atoms with Crippen molar-refractivity contribution in [1.29, 1.82) is 0 Å².